The van der Waals surface area contributed by atoms with Crippen molar-refractivity contribution in [1.29, 1.82) is 0 Å². The van der Waals surface area contributed by atoms with E-state index in [4.69, 9.17) is 11.6 Å². The van der Waals surface area contributed by atoms with Gasteiger partial charge in [0.15, 0.2) is 0 Å². The van der Waals surface area contributed by atoms with Crippen molar-refractivity contribution in [3.05, 3.63) is 70.9 Å². The van der Waals surface area contributed by atoms with Crippen LogP contribution in [0.4, 0.5) is 0 Å². The van der Waals surface area contributed by atoms with Crippen molar-refractivity contribution in [3.8, 4) is 0 Å². The molecular formula is C17H15ClN2O. The Morgan fingerprint density at radius 3 is 2.62 bits per heavy atom. The largest absolute Gasteiger partial charge is 0.360 e. The SMILES string of the molecule is CN(Cc1ccc(Cl)cc1)C(=O)c1c[nH]c2ccccc12. The lowest BCUT2D eigenvalue weighted by Crippen LogP contribution is -2.25. The van der Waals surface area contributed by atoms with Crippen molar-refractivity contribution in [2.45, 2.75) is 6.54 Å². The molecular weight excluding hydrogens is 284 g/mol. The molecule has 1 heterocycles. The van der Waals surface area contributed by atoms with E-state index >= 15 is 0 Å². The van der Waals surface area contributed by atoms with Gasteiger partial charge in [-0.2, -0.15) is 0 Å². The van der Waals surface area contributed by atoms with Gasteiger partial charge in [-0.05, 0) is 23.8 Å². The van der Waals surface area contributed by atoms with Gasteiger partial charge in [-0.15, -0.1) is 0 Å². The Bertz CT molecular complexity index is 777. The van der Waals surface area contributed by atoms with Gasteiger partial charge in [0.2, 0.25) is 0 Å². The molecule has 106 valence electrons. The minimum Gasteiger partial charge on any atom is -0.360 e. The number of amides is 1. The van der Waals surface area contributed by atoms with Crippen LogP contribution in [0, 0.1) is 0 Å². The third-order valence-electron chi connectivity index (χ3n) is 3.50. The van der Waals surface area contributed by atoms with Crippen LogP contribution in [0.25, 0.3) is 10.9 Å². The number of aromatic nitrogens is 1. The molecule has 1 N–H and O–H groups in total. The highest BCUT2D eigenvalue weighted by Crippen LogP contribution is 2.20. The number of carbonyl (C=O) groups is 1. The molecule has 0 unspecified atom stereocenters. The summed E-state index contributed by atoms with van der Waals surface area (Å²) >= 11 is 5.87. The van der Waals surface area contributed by atoms with Gasteiger partial charge in [-0.3, -0.25) is 4.79 Å². The molecule has 1 aromatic heterocycles. The third-order valence-corrected chi connectivity index (χ3v) is 3.75. The number of H-pyrrole nitrogens is 1. The number of carbonyl (C=O) groups excluding carboxylic acids is 1. The summed E-state index contributed by atoms with van der Waals surface area (Å²) in [5.41, 5.74) is 2.72. The quantitative estimate of drug-likeness (QED) is 0.776. The maximum Gasteiger partial charge on any atom is 0.256 e. The normalized spacial score (nSPS) is 10.8. The Balaban J connectivity index is 1.82. The van der Waals surface area contributed by atoms with Crippen LogP contribution >= 0.6 is 11.6 Å². The van der Waals surface area contributed by atoms with E-state index in [0.29, 0.717) is 17.1 Å². The maximum absolute atomic E-state index is 12.6. The second-order valence-corrected chi connectivity index (χ2v) is 5.47. The molecule has 0 radical (unpaired) electrons. The highest BCUT2D eigenvalue weighted by molar-refractivity contribution is 6.30. The molecule has 0 fully saturated rings. The number of halogens is 1. The number of para-hydroxylation sites is 1. The second-order valence-electron chi connectivity index (χ2n) is 5.04. The molecule has 3 aromatic rings. The van der Waals surface area contributed by atoms with E-state index in [1.165, 1.54) is 0 Å². The Morgan fingerprint density at radius 2 is 1.86 bits per heavy atom. The van der Waals surface area contributed by atoms with Crippen LogP contribution in [0.2, 0.25) is 5.02 Å². The predicted molar refractivity (Wildman–Crippen MR) is 85.5 cm³/mol. The van der Waals surface area contributed by atoms with Crippen molar-refractivity contribution in [3.63, 3.8) is 0 Å². The summed E-state index contributed by atoms with van der Waals surface area (Å²) in [7, 11) is 1.80. The van der Waals surface area contributed by atoms with Crippen LogP contribution in [-0.2, 0) is 6.54 Å². The number of benzene rings is 2. The first-order chi connectivity index (χ1) is 10.1. The summed E-state index contributed by atoms with van der Waals surface area (Å²) < 4.78 is 0. The fourth-order valence-corrected chi connectivity index (χ4v) is 2.52. The summed E-state index contributed by atoms with van der Waals surface area (Å²) in [4.78, 5) is 17.4. The van der Waals surface area contributed by atoms with Gasteiger partial charge in [0, 0.05) is 35.7 Å². The first kappa shape index (κ1) is 13.7. The molecule has 1 amide bonds. The number of hydrogen-bond acceptors (Lipinski definition) is 1. The minimum atomic E-state index is 0.00222. The van der Waals surface area contributed by atoms with Gasteiger partial charge in [0.05, 0.1) is 5.56 Å². The molecule has 0 aliphatic rings. The van der Waals surface area contributed by atoms with Crippen molar-refractivity contribution < 1.29 is 4.79 Å². The summed E-state index contributed by atoms with van der Waals surface area (Å²) in [5.74, 6) is 0.00222. The van der Waals surface area contributed by atoms with Crippen LogP contribution in [0.15, 0.2) is 54.7 Å². The Hall–Kier alpha value is -2.26. The van der Waals surface area contributed by atoms with Crippen LogP contribution < -0.4 is 0 Å². The third kappa shape index (κ3) is 2.78. The Morgan fingerprint density at radius 1 is 1.14 bits per heavy atom. The average molecular weight is 299 g/mol. The standard InChI is InChI=1S/C17H15ClN2O/c1-20(11-12-6-8-13(18)9-7-12)17(21)15-10-19-16-5-3-2-4-14(15)16/h2-10,19H,11H2,1H3. The molecule has 0 saturated carbocycles. The minimum absolute atomic E-state index is 0.00222. The fraction of sp³-hybridized carbons (Fsp3) is 0.118. The summed E-state index contributed by atoms with van der Waals surface area (Å²) in [6, 6.07) is 15.3. The van der Waals surface area contributed by atoms with Crippen LogP contribution in [0.3, 0.4) is 0 Å². The number of nitrogens with one attached hydrogen (secondary N) is 1. The highest BCUT2D eigenvalue weighted by atomic mass is 35.5. The molecule has 0 spiro atoms. The molecule has 0 aliphatic heterocycles. The van der Waals surface area contributed by atoms with Crippen molar-refractivity contribution in [1.82, 2.24) is 9.88 Å². The lowest BCUT2D eigenvalue weighted by molar-refractivity contribution is 0.0787. The first-order valence-corrected chi connectivity index (χ1v) is 7.09. The number of rotatable bonds is 3. The van der Waals surface area contributed by atoms with E-state index < -0.39 is 0 Å². The predicted octanol–water partition coefficient (Wildman–Crippen LogP) is 4.09. The summed E-state index contributed by atoms with van der Waals surface area (Å²) in [6.45, 7) is 0.551. The molecule has 0 bridgehead atoms. The van der Waals surface area contributed by atoms with Crippen LogP contribution in [0.5, 0.6) is 0 Å². The zero-order chi connectivity index (χ0) is 14.8. The number of aromatic amines is 1. The van der Waals surface area contributed by atoms with Gasteiger partial charge in [-0.25, -0.2) is 0 Å². The Kier molecular flexibility index (Phi) is 3.67. The van der Waals surface area contributed by atoms with Crippen LogP contribution in [-0.4, -0.2) is 22.8 Å². The van der Waals surface area contributed by atoms with Crippen molar-refractivity contribution >= 4 is 28.4 Å². The molecule has 2 aromatic carbocycles. The topological polar surface area (TPSA) is 36.1 Å². The van der Waals surface area contributed by atoms with E-state index in [9.17, 15) is 4.79 Å². The van der Waals surface area contributed by atoms with Gasteiger partial charge in [0.1, 0.15) is 0 Å². The lowest BCUT2D eigenvalue weighted by Gasteiger charge is -2.17. The lowest BCUT2D eigenvalue weighted by atomic mass is 10.1. The zero-order valence-electron chi connectivity index (χ0n) is 11.6. The van der Waals surface area contributed by atoms with E-state index in [0.717, 1.165) is 16.5 Å². The number of hydrogen-bond donors (Lipinski definition) is 1. The molecule has 4 heteroatoms. The average Bonchev–Trinajstić information content (AvgIpc) is 2.92. The summed E-state index contributed by atoms with van der Waals surface area (Å²) in [5, 5.41) is 1.65. The monoisotopic (exact) mass is 298 g/mol. The van der Waals surface area contributed by atoms with Gasteiger partial charge in [-0.1, -0.05) is 41.9 Å². The van der Waals surface area contributed by atoms with Gasteiger partial charge >= 0.3 is 0 Å². The van der Waals surface area contributed by atoms with Crippen molar-refractivity contribution in [2.75, 3.05) is 7.05 Å². The number of nitrogens with zero attached hydrogens (tertiary/aromatic N) is 1. The molecule has 3 nitrogen and oxygen atoms in total. The smallest absolute Gasteiger partial charge is 0.256 e. The summed E-state index contributed by atoms with van der Waals surface area (Å²) in [6.07, 6.45) is 1.77. The zero-order valence-corrected chi connectivity index (χ0v) is 12.4. The second kappa shape index (κ2) is 5.62. The van der Waals surface area contributed by atoms with E-state index in [-0.39, 0.29) is 5.91 Å². The molecule has 0 atom stereocenters. The van der Waals surface area contributed by atoms with E-state index in [1.54, 1.807) is 18.1 Å². The van der Waals surface area contributed by atoms with Crippen molar-refractivity contribution in [2.24, 2.45) is 0 Å². The number of fused-ring (bicyclic) bond motifs is 1. The maximum atomic E-state index is 12.6. The Labute approximate surface area is 128 Å². The molecule has 3 rings (SSSR count). The first-order valence-electron chi connectivity index (χ1n) is 6.71. The fourth-order valence-electron chi connectivity index (χ4n) is 2.39. The van der Waals surface area contributed by atoms with Crippen LogP contribution in [0.1, 0.15) is 15.9 Å². The van der Waals surface area contributed by atoms with E-state index in [1.807, 2.05) is 48.5 Å². The molecule has 21 heavy (non-hydrogen) atoms. The van der Waals surface area contributed by atoms with Gasteiger partial charge in [0.25, 0.3) is 5.91 Å². The van der Waals surface area contributed by atoms with E-state index in [2.05, 4.69) is 4.98 Å². The molecule has 0 aliphatic carbocycles. The highest BCUT2D eigenvalue weighted by Gasteiger charge is 2.16. The molecule has 0 saturated heterocycles. The van der Waals surface area contributed by atoms with Gasteiger partial charge < -0.3 is 9.88 Å².